The molecule has 2 aromatic heterocycles. The number of aromatic nitrogens is 3. The summed E-state index contributed by atoms with van der Waals surface area (Å²) in [5.41, 5.74) is 4.83. The summed E-state index contributed by atoms with van der Waals surface area (Å²) in [6, 6.07) is 11.9. The van der Waals surface area contributed by atoms with Gasteiger partial charge in [-0.25, -0.2) is 4.98 Å². The van der Waals surface area contributed by atoms with Crippen LogP contribution in [0.1, 0.15) is 52.7 Å². The van der Waals surface area contributed by atoms with Crippen LogP contribution in [0.15, 0.2) is 53.6 Å². The van der Waals surface area contributed by atoms with Gasteiger partial charge in [-0.1, -0.05) is 35.9 Å². The van der Waals surface area contributed by atoms with Gasteiger partial charge in [-0.05, 0) is 37.0 Å². The zero-order valence-electron chi connectivity index (χ0n) is 19.0. The van der Waals surface area contributed by atoms with E-state index in [0.29, 0.717) is 25.3 Å². The van der Waals surface area contributed by atoms with Crippen LogP contribution in [0.25, 0.3) is 0 Å². The van der Waals surface area contributed by atoms with Gasteiger partial charge in [0.25, 0.3) is 5.56 Å². The molecule has 2 aliphatic heterocycles. The van der Waals surface area contributed by atoms with E-state index < -0.39 is 0 Å². The first-order valence-corrected chi connectivity index (χ1v) is 11.6. The van der Waals surface area contributed by atoms with Crippen molar-refractivity contribution in [3.63, 3.8) is 0 Å². The lowest BCUT2D eigenvalue weighted by Gasteiger charge is -2.29. The normalized spacial score (nSPS) is 18.3. The van der Waals surface area contributed by atoms with Gasteiger partial charge in [0.2, 0.25) is 5.91 Å². The number of rotatable bonds is 5. The summed E-state index contributed by atoms with van der Waals surface area (Å²) in [5, 5.41) is 0. The predicted molar refractivity (Wildman–Crippen MR) is 125 cm³/mol. The molecule has 5 rings (SSSR count). The number of hydrogen-bond donors (Lipinski definition) is 1. The molecule has 0 spiro atoms. The first-order chi connectivity index (χ1) is 16.1. The topological polar surface area (TPSA) is 82.2 Å². The maximum Gasteiger partial charge on any atom is 0.255 e. The fourth-order valence-electron chi connectivity index (χ4n) is 4.99. The molecule has 4 heterocycles. The third-order valence-electron chi connectivity index (χ3n) is 6.62. The Bertz CT molecular complexity index is 1210. The van der Waals surface area contributed by atoms with Gasteiger partial charge in [0, 0.05) is 45.0 Å². The molecule has 1 N–H and O–H groups in total. The molecule has 1 amide bonds. The number of fused-ring (bicyclic) bond motifs is 1. The SMILES string of the molecule is Cc1cccc(CC(=O)N2CCCC2c2nc3c(c(=O)[nH]2)CN(Cc2cccnc2)CC3)c1. The number of carbonyl (C=O) groups is 1. The van der Waals surface area contributed by atoms with Crippen molar-refractivity contribution in [1.29, 1.82) is 0 Å². The lowest BCUT2D eigenvalue weighted by atomic mass is 10.1. The Balaban J connectivity index is 1.32. The highest BCUT2D eigenvalue weighted by atomic mass is 16.2. The smallest absolute Gasteiger partial charge is 0.255 e. The average molecular weight is 444 g/mol. The number of H-pyrrole nitrogens is 1. The van der Waals surface area contributed by atoms with Crippen LogP contribution in [0.3, 0.4) is 0 Å². The second kappa shape index (κ2) is 9.27. The summed E-state index contributed by atoms with van der Waals surface area (Å²) in [7, 11) is 0. The molecule has 3 aromatic rings. The predicted octanol–water partition coefficient (Wildman–Crippen LogP) is 2.94. The molecule has 0 radical (unpaired) electrons. The van der Waals surface area contributed by atoms with Crippen LogP contribution in [0, 0.1) is 6.92 Å². The Hall–Kier alpha value is -3.32. The Kier molecular flexibility index (Phi) is 6.05. The van der Waals surface area contributed by atoms with E-state index in [-0.39, 0.29) is 17.5 Å². The largest absolute Gasteiger partial charge is 0.332 e. The van der Waals surface area contributed by atoms with Crippen LogP contribution < -0.4 is 5.56 Å². The quantitative estimate of drug-likeness (QED) is 0.656. The second-order valence-corrected chi connectivity index (χ2v) is 9.11. The van der Waals surface area contributed by atoms with E-state index in [1.54, 1.807) is 6.20 Å². The number of aromatic amines is 1. The van der Waals surface area contributed by atoms with Crippen molar-refractivity contribution in [2.45, 2.75) is 51.7 Å². The molecule has 0 saturated carbocycles. The standard InChI is InChI=1S/C26H29N5O2/c1-18-5-2-6-19(13-18)14-24(32)31-11-4-8-23(31)25-28-22-9-12-30(17-21(22)26(33)29-25)16-20-7-3-10-27-15-20/h2-3,5-7,10,13,15,23H,4,8-9,11-12,14,16-17H2,1H3,(H,28,29,33). The molecular weight excluding hydrogens is 414 g/mol. The highest BCUT2D eigenvalue weighted by molar-refractivity contribution is 5.79. The maximum absolute atomic E-state index is 13.1. The molecule has 1 fully saturated rings. The third kappa shape index (κ3) is 4.73. The molecule has 7 heteroatoms. The average Bonchev–Trinajstić information content (AvgIpc) is 3.30. The van der Waals surface area contributed by atoms with Gasteiger partial charge in [0.1, 0.15) is 5.82 Å². The van der Waals surface area contributed by atoms with Crippen molar-refractivity contribution in [3.05, 3.63) is 92.9 Å². The van der Waals surface area contributed by atoms with E-state index in [1.807, 2.05) is 42.3 Å². The molecule has 0 aliphatic carbocycles. The van der Waals surface area contributed by atoms with Gasteiger partial charge < -0.3 is 9.88 Å². The number of benzene rings is 1. The highest BCUT2D eigenvalue weighted by Crippen LogP contribution is 2.31. The summed E-state index contributed by atoms with van der Waals surface area (Å²) in [4.78, 5) is 42.3. The van der Waals surface area contributed by atoms with Crippen LogP contribution >= 0.6 is 0 Å². The van der Waals surface area contributed by atoms with E-state index in [0.717, 1.165) is 60.3 Å². The van der Waals surface area contributed by atoms with Crippen molar-refractivity contribution in [3.8, 4) is 0 Å². The molecule has 2 aliphatic rings. The maximum atomic E-state index is 13.1. The van der Waals surface area contributed by atoms with Crippen molar-refractivity contribution in [2.24, 2.45) is 0 Å². The third-order valence-corrected chi connectivity index (χ3v) is 6.62. The summed E-state index contributed by atoms with van der Waals surface area (Å²) in [6.45, 7) is 4.92. The number of likely N-dealkylation sites (tertiary alicyclic amines) is 1. The Labute approximate surface area is 193 Å². The first-order valence-electron chi connectivity index (χ1n) is 11.6. The molecule has 1 unspecified atom stereocenters. The highest BCUT2D eigenvalue weighted by Gasteiger charge is 2.33. The summed E-state index contributed by atoms with van der Waals surface area (Å²) < 4.78 is 0. The van der Waals surface area contributed by atoms with Crippen LogP contribution in [0.5, 0.6) is 0 Å². The number of amides is 1. The van der Waals surface area contributed by atoms with Gasteiger partial charge in [-0.15, -0.1) is 0 Å². The minimum Gasteiger partial charge on any atom is -0.332 e. The van der Waals surface area contributed by atoms with Crippen LogP contribution in [0.4, 0.5) is 0 Å². The zero-order chi connectivity index (χ0) is 22.8. The number of nitrogens with zero attached hydrogens (tertiary/aromatic N) is 4. The fraction of sp³-hybridized carbons (Fsp3) is 0.385. The molecule has 7 nitrogen and oxygen atoms in total. The van der Waals surface area contributed by atoms with E-state index >= 15 is 0 Å². The Morgan fingerprint density at radius 2 is 2.06 bits per heavy atom. The first kappa shape index (κ1) is 21.5. The number of carbonyl (C=O) groups excluding carboxylic acids is 1. The van der Waals surface area contributed by atoms with E-state index in [4.69, 9.17) is 4.98 Å². The summed E-state index contributed by atoms with van der Waals surface area (Å²) >= 11 is 0. The molecule has 0 bridgehead atoms. The lowest BCUT2D eigenvalue weighted by molar-refractivity contribution is -0.131. The Morgan fingerprint density at radius 3 is 2.88 bits per heavy atom. The van der Waals surface area contributed by atoms with Gasteiger partial charge >= 0.3 is 0 Å². The Morgan fingerprint density at radius 1 is 1.18 bits per heavy atom. The summed E-state index contributed by atoms with van der Waals surface area (Å²) in [6.07, 6.45) is 6.48. The molecule has 1 atom stereocenters. The monoisotopic (exact) mass is 443 g/mol. The minimum absolute atomic E-state index is 0.0798. The zero-order valence-corrected chi connectivity index (χ0v) is 19.0. The number of pyridine rings is 1. The van der Waals surface area contributed by atoms with Gasteiger partial charge in [-0.3, -0.25) is 19.5 Å². The van der Waals surface area contributed by atoms with Crippen LogP contribution in [-0.4, -0.2) is 43.7 Å². The fourth-order valence-corrected chi connectivity index (χ4v) is 4.99. The molecule has 1 saturated heterocycles. The number of hydrogen-bond acceptors (Lipinski definition) is 5. The second-order valence-electron chi connectivity index (χ2n) is 9.11. The molecule has 170 valence electrons. The minimum atomic E-state index is -0.159. The van der Waals surface area contributed by atoms with Gasteiger partial charge in [0.15, 0.2) is 0 Å². The van der Waals surface area contributed by atoms with E-state index in [2.05, 4.69) is 27.0 Å². The van der Waals surface area contributed by atoms with E-state index in [1.165, 1.54) is 0 Å². The number of aryl methyl sites for hydroxylation is 1. The van der Waals surface area contributed by atoms with Crippen LogP contribution in [-0.2, 0) is 30.7 Å². The van der Waals surface area contributed by atoms with Crippen molar-refractivity contribution >= 4 is 5.91 Å². The van der Waals surface area contributed by atoms with Crippen molar-refractivity contribution in [1.82, 2.24) is 24.8 Å². The molecular formula is C26H29N5O2. The van der Waals surface area contributed by atoms with Crippen molar-refractivity contribution in [2.75, 3.05) is 13.1 Å². The molecule has 1 aromatic carbocycles. The van der Waals surface area contributed by atoms with Gasteiger partial charge in [0.05, 0.1) is 23.7 Å². The van der Waals surface area contributed by atoms with Crippen LogP contribution in [0.2, 0.25) is 0 Å². The number of nitrogens with one attached hydrogen (secondary N) is 1. The van der Waals surface area contributed by atoms with E-state index in [9.17, 15) is 9.59 Å². The van der Waals surface area contributed by atoms with Gasteiger partial charge in [-0.2, -0.15) is 0 Å². The summed E-state index contributed by atoms with van der Waals surface area (Å²) in [5.74, 6) is 0.723. The molecule has 33 heavy (non-hydrogen) atoms. The lowest BCUT2D eigenvalue weighted by Crippen LogP contribution is -2.38. The van der Waals surface area contributed by atoms with Crippen molar-refractivity contribution < 1.29 is 4.79 Å².